The lowest BCUT2D eigenvalue weighted by Crippen LogP contribution is -2.35. The first kappa shape index (κ1) is 20.3. The molecule has 4 atom stereocenters. The largest absolute Gasteiger partial charge is 0.456 e. The van der Waals surface area contributed by atoms with E-state index in [9.17, 15) is 24.0 Å². The van der Waals surface area contributed by atoms with Crippen molar-refractivity contribution in [2.24, 2.45) is 23.7 Å². The summed E-state index contributed by atoms with van der Waals surface area (Å²) >= 11 is 0. The molecule has 8 nitrogen and oxygen atoms in total. The molecule has 0 aromatic heterocycles. The van der Waals surface area contributed by atoms with Crippen molar-refractivity contribution in [1.82, 2.24) is 4.90 Å². The SMILES string of the molecule is CC(=O)c1cccc(NC(=O)COC(=O)CCN2C(=O)[C@@H]3[C@@H]4CC[C@@H](C4)[C@@H]3C2=O)c1. The highest BCUT2D eigenvalue weighted by Gasteiger charge is 2.60. The zero-order valence-electron chi connectivity index (χ0n) is 16.8. The molecule has 1 heterocycles. The molecule has 1 aromatic rings. The van der Waals surface area contributed by atoms with Gasteiger partial charge in [0.05, 0.1) is 18.3 Å². The molecule has 4 rings (SSSR count). The fourth-order valence-electron chi connectivity index (χ4n) is 5.13. The van der Waals surface area contributed by atoms with E-state index in [0.29, 0.717) is 23.1 Å². The first-order valence-electron chi connectivity index (χ1n) is 10.3. The maximum atomic E-state index is 12.6. The average Bonchev–Trinajstić information content (AvgIpc) is 3.39. The highest BCUT2D eigenvalue weighted by Crippen LogP contribution is 2.56. The van der Waals surface area contributed by atoms with Crippen molar-refractivity contribution in [3.05, 3.63) is 29.8 Å². The smallest absolute Gasteiger partial charge is 0.308 e. The normalized spacial score (nSPS) is 26.6. The van der Waals surface area contributed by atoms with Gasteiger partial charge in [0.2, 0.25) is 11.8 Å². The Kier molecular flexibility index (Phi) is 5.40. The Morgan fingerprint density at radius 2 is 1.77 bits per heavy atom. The minimum absolute atomic E-state index is 0.00871. The number of fused-ring (bicyclic) bond motifs is 5. The number of imide groups is 1. The lowest BCUT2D eigenvalue weighted by Gasteiger charge is -2.19. The minimum atomic E-state index is -0.650. The number of anilines is 1. The number of amides is 3. The Labute approximate surface area is 173 Å². The number of nitrogens with zero attached hydrogens (tertiary/aromatic N) is 1. The van der Waals surface area contributed by atoms with Crippen LogP contribution in [0, 0.1) is 23.7 Å². The van der Waals surface area contributed by atoms with E-state index in [4.69, 9.17) is 4.74 Å². The van der Waals surface area contributed by atoms with Crippen LogP contribution in [0.5, 0.6) is 0 Å². The van der Waals surface area contributed by atoms with Gasteiger partial charge in [-0.2, -0.15) is 0 Å². The molecule has 2 bridgehead atoms. The zero-order chi connectivity index (χ0) is 21.4. The van der Waals surface area contributed by atoms with Gasteiger partial charge in [0.25, 0.3) is 5.91 Å². The van der Waals surface area contributed by atoms with Crippen molar-refractivity contribution < 1.29 is 28.7 Å². The predicted octanol–water partition coefficient (Wildman–Crippen LogP) is 1.79. The van der Waals surface area contributed by atoms with Crippen LogP contribution in [-0.4, -0.2) is 47.5 Å². The van der Waals surface area contributed by atoms with Crippen molar-refractivity contribution in [2.45, 2.75) is 32.6 Å². The van der Waals surface area contributed by atoms with Gasteiger partial charge in [-0.1, -0.05) is 12.1 Å². The van der Waals surface area contributed by atoms with E-state index in [1.54, 1.807) is 18.2 Å². The van der Waals surface area contributed by atoms with Crippen LogP contribution in [0.4, 0.5) is 5.69 Å². The molecule has 1 saturated heterocycles. The molecule has 3 amide bonds. The van der Waals surface area contributed by atoms with Crippen LogP contribution in [0.3, 0.4) is 0 Å². The fraction of sp³-hybridized carbons (Fsp3) is 0.500. The van der Waals surface area contributed by atoms with E-state index in [0.717, 1.165) is 19.3 Å². The van der Waals surface area contributed by atoms with Gasteiger partial charge < -0.3 is 10.1 Å². The van der Waals surface area contributed by atoms with Crippen LogP contribution >= 0.6 is 0 Å². The van der Waals surface area contributed by atoms with Crippen LogP contribution in [0.15, 0.2) is 24.3 Å². The number of ether oxygens (including phenoxy) is 1. The summed E-state index contributed by atoms with van der Waals surface area (Å²) in [5.41, 5.74) is 0.890. The number of esters is 1. The molecular weight excluding hydrogens is 388 g/mol. The molecule has 2 saturated carbocycles. The number of rotatable bonds is 7. The highest BCUT2D eigenvalue weighted by molar-refractivity contribution is 6.06. The second kappa shape index (κ2) is 8.01. The van der Waals surface area contributed by atoms with Gasteiger partial charge in [0, 0.05) is 17.8 Å². The van der Waals surface area contributed by atoms with E-state index in [-0.39, 0.29) is 42.4 Å². The number of hydrogen-bond acceptors (Lipinski definition) is 6. The summed E-state index contributed by atoms with van der Waals surface area (Å²) in [4.78, 5) is 61.8. The van der Waals surface area contributed by atoms with Crippen LogP contribution in [0.2, 0.25) is 0 Å². The molecule has 158 valence electrons. The topological polar surface area (TPSA) is 110 Å². The maximum Gasteiger partial charge on any atom is 0.308 e. The van der Waals surface area contributed by atoms with Gasteiger partial charge in [-0.05, 0) is 50.2 Å². The van der Waals surface area contributed by atoms with Crippen molar-refractivity contribution in [1.29, 1.82) is 0 Å². The number of likely N-dealkylation sites (tertiary alicyclic amines) is 1. The van der Waals surface area contributed by atoms with Crippen molar-refractivity contribution >= 4 is 35.2 Å². The van der Waals surface area contributed by atoms with Gasteiger partial charge in [-0.15, -0.1) is 0 Å². The summed E-state index contributed by atoms with van der Waals surface area (Å²) in [6.45, 7) is 0.933. The highest BCUT2D eigenvalue weighted by atomic mass is 16.5. The summed E-state index contributed by atoms with van der Waals surface area (Å²) < 4.78 is 4.97. The molecule has 30 heavy (non-hydrogen) atoms. The summed E-state index contributed by atoms with van der Waals surface area (Å²) in [5, 5.41) is 2.56. The molecule has 3 aliphatic rings. The Balaban J connectivity index is 1.23. The monoisotopic (exact) mass is 412 g/mol. The Hall–Kier alpha value is -3.03. The van der Waals surface area contributed by atoms with E-state index in [1.165, 1.54) is 17.9 Å². The quantitative estimate of drug-likeness (QED) is 0.415. The molecular formula is C22H24N2O6. The van der Waals surface area contributed by atoms with Gasteiger partial charge in [-0.25, -0.2) is 0 Å². The summed E-state index contributed by atoms with van der Waals surface area (Å²) in [7, 11) is 0. The fourth-order valence-corrected chi connectivity index (χ4v) is 5.13. The van der Waals surface area contributed by atoms with E-state index in [2.05, 4.69) is 5.32 Å². The third-order valence-corrected chi connectivity index (χ3v) is 6.48. The van der Waals surface area contributed by atoms with Gasteiger partial charge in [0.15, 0.2) is 12.4 Å². The van der Waals surface area contributed by atoms with E-state index >= 15 is 0 Å². The van der Waals surface area contributed by atoms with Gasteiger partial charge in [0.1, 0.15) is 0 Å². The molecule has 0 radical (unpaired) electrons. The summed E-state index contributed by atoms with van der Waals surface area (Å²) in [6, 6.07) is 6.44. The average molecular weight is 412 g/mol. The number of nitrogens with one attached hydrogen (secondary N) is 1. The Morgan fingerprint density at radius 3 is 2.40 bits per heavy atom. The number of hydrogen-bond donors (Lipinski definition) is 1. The number of ketones is 1. The van der Waals surface area contributed by atoms with E-state index in [1.807, 2.05) is 0 Å². The van der Waals surface area contributed by atoms with E-state index < -0.39 is 18.5 Å². The molecule has 8 heteroatoms. The Bertz CT molecular complexity index is 898. The van der Waals surface area contributed by atoms with Crippen molar-refractivity contribution in [2.75, 3.05) is 18.5 Å². The number of benzene rings is 1. The van der Waals surface area contributed by atoms with Crippen LogP contribution < -0.4 is 5.32 Å². The minimum Gasteiger partial charge on any atom is -0.456 e. The number of carbonyl (C=O) groups excluding carboxylic acids is 5. The predicted molar refractivity (Wildman–Crippen MR) is 105 cm³/mol. The Morgan fingerprint density at radius 1 is 1.10 bits per heavy atom. The molecule has 2 aliphatic carbocycles. The molecule has 1 N–H and O–H groups in total. The molecule has 0 unspecified atom stereocenters. The lowest BCUT2D eigenvalue weighted by atomic mass is 9.81. The third-order valence-electron chi connectivity index (χ3n) is 6.48. The molecule has 1 aliphatic heterocycles. The van der Waals surface area contributed by atoms with Crippen molar-refractivity contribution in [3.63, 3.8) is 0 Å². The second-order valence-corrected chi connectivity index (χ2v) is 8.31. The third kappa shape index (κ3) is 3.74. The number of carbonyl (C=O) groups is 5. The molecule has 1 aromatic carbocycles. The second-order valence-electron chi connectivity index (χ2n) is 8.31. The van der Waals surface area contributed by atoms with Gasteiger partial charge >= 0.3 is 5.97 Å². The first-order valence-corrected chi connectivity index (χ1v) is 10.3. The van der Waals surface area contributed by atoms with Crippen molar-refractivity contribution in [3.8, 4) is 0 Å². The lowest BCUT2D eigenvalue weighted by molar-refractivity contribution is -0.149. The van der Waals surface area contributed by atoms with Gasteiger partial charge in [-0.3, -0.25) is 28.9 Å². The molecule has 3 fully saturated rings. The van der Waals surface area contributed by atoms with Crippen LogP contribution in [0.25, 0.3) is 0 Å². The standard InChI is InChI=1S/C22H24N2O6/c1-12(25)13-3-2-4-16(10-13)23-17(26)11-30-18(27)7-8-24-21(28)19-14-5-6-15(9-14)20(19)22(24)29/h2-4,10,14-15,19-20H,5-9,11H2,1H3,(H,23,26)/t14-,15+,19-,20+. The summed E-state index contributed by atoms with van der Waals surface area (Å²) in [6.07, 6.45) is 2.84. The first-order chi connectivity index (χ1) is 14.3. The van der Waals surface area contributed by atoms with Crippen LogP contribution in [-0.2, 0) is 23.9 Å². The maximum absolute atomic E-state index is 12.6. The molecule has 0 spiro atoms. The number of Topliss-reactive ketones (excluding diaryl/α,β-unsaturated/α-hetero) is 1. The zero-order valence-corrected chi connectivity index (χ0v) is 16.8. The van der Waals surface area contributed by atoms with Crippen LogP contribution in [0.1, 0.15) is 43.0 Å². The summed E-state index contributed by atoms with van der Waals surface area (Å²) in [5.74, 6) is -1.43.